The topological polar surface area (TPSA) is 67.9 Å². The molecule has 0 unspecified atom stereocenters. The van der Waals surface area contributed by atoms with Crippen LogP contribution in [0.25, 0.3) is 0 Å². The van der Waals surface area contributed by atoms with E-state index in [0.717, 1.165) is 54.9 Å². The molecule has 0 saturated carbocycles. The highest BCUT2D eigenvalue weighted by molar-refractivity contribution is 5.91. The van der Waals surface area contributed by atoms with E-state index < -0.39 is 17.0 Å². The Kier molecular flexibility index (Phi) is 20.3. The smallest absolute Gasteiger partial charge is 0.343 e. The van der Waals surface area contributed by atoms with Gasteiger partial charge in [-0.3, -0.25) is 0 Å². The van der Waals surface area contributed by atoms with E-state index in [2.05, 4.69) is 13.8 Å². The second kappa shape index (κ2) is 25.1. The molecule has 1 fully saturated rings. The van der Waals surface area contributed by atoms with Crippen LogP contribution < -0.4 is 14.2 Å². The fourth-order valence-electron chi connectivity index (χ4n) is 8.14. The molecule has 6 heteroatoms. The lowest BCUT2D eigenvalue weighted by atomic mass is 9.89. The number of carbonyl (C=O) groups is 1. The number of hydrogen-bond acceptors (Lipinski definition) is 5. The molecule has 1 radical (unpaired) electrons. The van der Waals surface area contributed by atoms with Gasteiger partial charge in [-0.05, 0) is 99.2 Å². The molecule has 4 rings (SSSR count). The molecule has 3 aromatic rings. The normalized spacial score (nSPS) is 18.3. The summed E-state index contributed by atoms with van der Waals surface area (Å²) in [5.74, 6) is 1.65. The fraction of sp³-hybridized carbons (Fsp3) is 0.620. The van der Waals surface area contributed by atoms with Gasteiger partial charge in [-0.15, -0.1) is 10.3 Å². The number of carbonyl (C=O) groups excluding carboxylic acids is 1. The first-order valence-corrected chi connectivity index (χ1v) is 22.6. The van der Waals surface area contributed by atoms with Gasteiger partial charge in [-0.25, -0.2) is 4.79 Å². The van der Waals surface area contributed by atoms with Gasteiger partial charge in [0.1, 0.15) is 17.2 Å². The van der Waals surface area contributed by atoms with Gasteiger partial charge in [0.25, 0.3) is 0 Å². The van der Waals surface area contributed by atoms with Crippen molar-refractivity contribution in [2.24, 2.45) is 0 Å². The summed E-state index contributed by atoms with van der Waals surface area (Å²) in [6.07, 6.45) is 28.9. The van der Waals surface area contributed by atoms with Gasteiger partial charge >= 0.3 is 5.97 Å². The predicted octanol–water partition coefficient (Wildman–Crippen LogP) is 14.5. The Labute approximate surface area is 340 Å². The van der Waals surface area contributed by atoms with E-state index in [0.29, 0.717) is 17.9 Å². The molecule has 1 saturated heterocycles. The molecule has 0 aliphatic carbocycles. The molecule has 0 amide bonds. The predicted molar refractivity (Wildman–Crippen MR) is 230 cm³/mol. The maximum Gasteiger partial charge on any atom is 0.343 e. The molecule has 309 valence electrons. The summed E-state index contributed by atoms with van der Waals surface area (Å²) in [6.45, 7) is 10.00. The number of rotatable bonds is 29. The number of esters is 1. The molecule has 0 aromatic heterocycles. The van der Waals surface area contributed by atoms with Gasteiger partial charge in [-0.2, -0.15) is 0 Å². The Morgan fingerprint density at radius 1 is 0.482 bits per heavy atom. The maximum atomic E-state index is 14.1. The molecular weight excluding hydrogens is 695 g/mol. The molecule has 56 heavy (non-hydrogen) atoms. The maximum absolute atomic E-state index is 14.1. The quantitative estimate of drug-likeness (QED) is 0.0400. The van der Waals surface area contributed by atoms with E-state index in [4.69, 9.17) is 14.2 Å². The zero-order valence-corrected chi connectivity index (χ0v) is 35.6. The van der Waals surface area contributed by atoms with Crippen molar-refractivity contribution >= 4 is 5.97 Å². The Balaban J connectivity index is 1.15. The van der Waals surface area contributed by atoms with Gasteiger partial charge in [0, 0.05) is 0 Å². The largest absolute Gasteiger partial charge is 0.494 e. The lowest BCUT2D eigenvalue weighted by Gasteiger charge is -2.37. The number of hydroxylamine groups is 2. The Morgan fingerprint density at radius 2 is 0.804 bits per heavy atom. The van der Waals surface area contributed by atoms with Crippen LogP contribution in [0.5, 0.6) is 17.2 Å². The standard InChI is InChI=1S/C50H74NO5/c1-5-7-9-11-13-15-17-19-21-22-24-40-54-45-32-26-42(27-33-45)48(52)56-47-36-30-44(31-37-47)50(4)39-38-49(3,51(50)53)43-28-34-46(35-29-43)55-41-25-23-20-18-16-14-12-10-8-6-2/h26-37H,5-25,38-41H2,1-4H3/t49-,50-/m1/s1. The van der Waals surface area contributed by atoms with Crippen molar-refractivity contribution in [3.05, 3.63) is 89.5 Å². The third-order valence-electron chi connectivity index (χ3n) is 12.0. The first-order valence-electron chi connectivity index (χ1n) is 22.6. The molecule has 6 nitrogen and oxygen atoms in total. The van der Waals surface area contributed by atoms with Crippen molar-refractivity contribution in [2.45, 2.75) is 186 Å². The number of ether oxygens (including phenoxy) is 3. The van der Waals surface area contributed by atoms with Crippen molar-refractivity contribution in [3.63, 3.8) is 0 Å². The monoisotopic (exact) mass is 769 g/mol. The molecule has 1 aliphatic heterocycles. The summed E-state index contributed by atoms with van der Waals surface area (Å²) in [5.41, 5.74) is 1.02. The van der Waals surface area contributed by atoms with Crippen molar-refractivity contribution in [1.29, 1.82) is 0 Å². The Hall–Kier alpha value is -3.35. The van der Waals surface area contributed by atoms with Crippen molar-refractivity contribution < 1.29 is 24.2 Å². The van der Waals surface area contributed by atoms with Crippen LogP contribution in [-0.2, 0) is 16.3 Å². The molecule has 3 aromatic carbocycles. The van der Waals surface area contributed by atoms with Crippen LogP contribution in [0.15, 0.2) is 72.8 Å². The zero-order valence-electron chi connectivity index (χ0n) is 35.6. The minimum atomic E-state index is -0.703. The van der Waals surface area contributed by atoms with Crippen LogP contribution in [0.2, 0.25) is 0 Å². The lowest BCUT2D eigenvalue weighted by molar-refractivity contribution is -0.260. The van der Waals surface area contributed by atoms with Gasteiger partial charge in [0.05, 0.1) is 29.9 Å². The fourth-order valence-corrected chi connectivity index (χ4v) is 8.14. The van der Waals surface area contributed by atoms with Crippen molar-refractivity contribution in [1.82, 2.24) is 5.06 Å². The Morgan fingerprint density at radius 3 is 1.18 bits per heavy atom. The summed E-state index contributed by atoms with van der Waals surface area (Å²) in [6, 6.07) is 22.7. The lowest BCUT2D eigenvalue weighted by Crippen LogP contribution is -2.44. The molecule has 1 heterocycles. The second-order valence-corrected chi connectivity index (χ2v) is 16.7. The highest BCUT2D eigenvalue weighted by Crippen LogP contribution is 2.51. The zero-order chi connectivity index (χ0) is 39.9. The molecule has 1 aliphatic rings. The minimum absolute atomic E-state index is 0.421. The third-order valence-corrected chi connectivity index (χ3v) is 12.0. The van der Waals surface area contributed by atoms with E-state index in [-0.39, 0.29) is 0 Å². The molecule has 0 spiro atoms. The number of unbranched alkanes of at least 4 members (excludes halogenated alkanes) is 19. The van der Waals surface area contributed by atoms with Crippen LogP contribution in [-0.4, -0.2) is 24.2 Å². The van der Waals surface area contributed by atoms with E-state index >= 15 is 0 Å². The summed E-state index contributed by atoms with van der Waals surface area (Å²) < 4.78 is 17.7. The number of benzene rings is 3. The van der Waals surface area contributed by atoms with Crippen molar-refractivity contribution in [3.8, 4) is 17.2 Å². The summed E-state index contributed by atoms with van der Waals surface area (Å²) in [5, 5.41) is 15.3. The summed E-state index contributed by atoms with van der Waals surface area (Å²) >= 11 is 0. The molecule has 0 bridgehead atoms. The van der Waals surface area contributed by atoms with E-state index in [1.165, 1.54) is 127 Å². The van der Waals surface area contributed by atoms with Gasteiger partial charge in [-0.1, -0.05) is 160 Å². The average molecular weight is 769 g/mol. The minimum Gasteiger partial charge on any atom is -0.494 e. The molecule has 2 atom stereocenters. The Bertz CT molecular complexity index is 1490. The van der Waals surface area contributed by atoms with Gasteiger partial charge in [0.15, 0.2) is 0 Å². The van der Waals surface area contributed by atoms with E-state index in [1.807, 2.05) is 62.4 Å². The SMILES string of the molecule is CCCCCCCCCCCCCOc1ccc(C(=O)Oc2ccc([C@@]3(C)CC[C@](C)(c4ccc(OCCCCCCCCCCCC)cc4)N3[O])cc2)cc1. The van der Waals surface area contributed by atoms with Crippen molar-refractivity contribution in [2.75, 3.05) is 13.2 Å². The van der Waals surface area contributed by atoms with Crippen LogP contribution in [0.1, 0.15) is 197 Å². The molecular formula is C50H74NO5. The van der Waals surface area contributed by atoms with Gasteiger partial charge < -0.3 is 14.2 Å². The van der Waals surface area contributed by atoms with E-state index in [1.54, 1.807) is 24.3 Å². The van der Waals surface area contributed by atoms with Crippen LogP contribution in [0.4, 0.5) is 0 Å². The highest BCUT2D eigenvalue weighted by atomic mass is 16.5. The highest BCUT2D eigenvalue weighted by Gasteiger charge is 2.52. The second-order valence-electron chi connectivity index (χ2n) is 16.7. The van der Waals surface area contributed by atoms with Gasteiger partial charge in [0.2, 0.25) is 0 Å². The van der Waals surface area contributed by atoms with Crippen LogP contribution >= 0.6 is 0 Å². The average Bonchev–Trinajstić information content (AvgIpc) is 3.46. The summed E-state index contributed by atoms with van der Waals surface area (Å²) in [7, 11) is 0. The number of hydrogen-bond donors (Lipinski definition) is 0. The number of nitrogens with zero attached hydrogens (tertiary/aromatic N) is 1. The third kappa shape index (κ3) is 14.5. The van der Waals surface area contributed by atoms with Crippen LogP contribution in [0.3, 0.4) is 0 Å². The summed E-state index contributed by atoms with van der Waals surface area (Å²) in [4.78, 5) is 12.9. The first kappa shape index (κ1) is 45.4. The first-order chi connectivity index (χ1) is 27.3. The van der Waals surface area contributed by atoms with Crippen LogP contribution in [0, 0.1) is 0 Å². The van der Waals surface area contributed by atoms with E-state index in [9.17, 15) is 10.0 Å². The molecule has 0 N–H and O–H groups in total.